The molecular formula is C41H55N3O5S. The molecule has 3 aliphatic heterocycles. The number of carbonyl (C=O) groups excluding carboxylic acids is 3. The SMILES string of the molecule is C=CCN(C(=O)[C@@H]1[C@@H]2CCC3(S2)C(C(=O)N(CC=C)C(C)(C)CC(C)(C)C)N([C@@H](CO)Cc2ccccc2)C(=O)[C@H]13)c1ccc(OCC)cc1. The number of aliphatic hydroxyl groups excluding tert-OH is 1. The van der Waals surface area contributed by atoms with Gasteiger partial charge < -0.3 is 24.5 Å². The van der Waals surface area contributed by atoms with Crippen LogP contribution < -0.4 is 9.64 Å². The fraction of sp³-hybridized carbons (Fsp3) is 0.537. The number of anilines is 1. The standard InChI is InChI=1S/C41H55N3O5S/c1-9-23-42(29-17-19-31(20-18-29)49-11-3)36(46)33-32-21-22-41(50-32)34(33)37(47)44(30(26-45)25-28-15-13-12-14-16-28)35(41)38(48)43(24-10-2)40(7,8)27-39(4,5)6/h9-10,12-20,30,32-35,45H,1-2,11,21-27H2,3-8H3/t30-,32+,33-,34+,35?,41?/m1/s1. The van der Waals surface area contributed by atoms with Crippen LogP contribution in [-0.4, -0.2) is 86.6 Å². The van der Waals surface area contributed by atoms with Gasteiger partial charge in [0.05, 0.1) is 35.8 Å². The van der Waals surface area contributed by atoms with Crippen molar-refractivity contribution in [2.75, 3.05) is 31.2 Å². The number of nitrogens with zero attached hydrogens (tertiary/aromatic N) is 3. The molecule has 50 heavy (non-hydrogen) atoms. The van der Waals surface area contributed by atoms with Crippen molar-refractivity contribution in [3.63, 3.8) is 0 Å². The highest BCUT2D eigenvalue weighted by Gasteiger charge is 2.75. The van der Waals surface area contributed by atoms with Gasteiger partial charge in [-0.05, 0) is 81.7 Å². The second-order valence-electron chi connectivity index (χ2n) is 15.8. The molecule has 3 amide bonds. The third-order valence-corrected chi connectivity index (χ3v) is 12.4. The Bertz CT molecular complexity index is 1550. The Hall–Kier alpha value is -3.56. The number of fused-ring (bicyclic) bond motifs is 1. The predicted molar refractivity (Wildman–Crippen MR) is 202 cm³/mol. The van der Waals surface area contributed by atoms with Crippen molar-refractivity contribution in [2.24, 2.45) is 17.3 Å². The molecule has 0 saturated carbocycles. The number of carbonyl (C=O) groups is 3. The molecule has 0 aliphatic carbocycles. The van der Waals surface area contributed by atoms with E-state index in [0.29, 0.717) is 37.4 Å². The first kappa shape index (κ1) is 37.7. The van der Waals surface area contributed by atoms with Gasteiger partial charge in [0.25, 0.3) is 0 Å². The molecule has 2 aromatic carbocycles. The van der Waals surface area contributed by atoms with Crippen molar-refractivity contribution >= 4 is 35.2 Å². The number of hydrogen-bond acceptors (Lipinski definition) is 6. The highest BCUT2D eigenvalue weighted by molar-refractivity contribution is 8.02. The quantitative estimate of drug-likeness (QED) is 0.213. The minimum absolute atomic E-state index is 0.0658. The summed E-state index contributed by atoms with van der Waals surface area (Å²) in [6.45, 7) is 21.4. The van der Waals surface area contributed by atoms with E-state index < -0.39 is 34.2 Å². The van der Waals surface area contributed by atoms with Crippen molar-refractivity contribution in [1.29, 1.82) is 0 Å². The Morgan fingerprint density at radius 2 is 1.70 bits per heavy atom. The second kappa shape index (κ2) is 15.0. The molecule has 2 bridgehead atoms. The van der Waals surface area contributed by atoms with Gasteiger partial charge in [-0.25, -0.2) is 0 Å². The summed E-state index contributed by atoms with van der Waals surface area (Å²) in [7, 11) is 0. The summed E-state index contributed by atoms with van der Waals surface area (Å²) < 4.78 is 4.83. The number of amides is 3. The average molecular weight is 702 g/mol. The predicted octanol–water partition coefficient (Wildman–Crippen LogP) is 6.53. The highest BCUT2D eigenvalue weighted by Crippen LogP contribution is 2.67. The molecule has 0 aromatic heterocycles. The lowest BCUT2D eigenvalue weighted by molar-refractivity contribution is -0.149. The number of thioether (sulfide) groups is 1. The van der Waals surface area contributed by atoms with E-state index in [2.05, 4.69) is 47.8 Å². The molecule has 3 heterocycles. The molecule has 1 spiro atoms. The van der Waals surface area contributed by atoms with Crippen molar-refractivity contribution in [1.82, 2.24) is 9.80 Å². The van der Waals surface area contributed by atoms with Gasteiger partial charge in [-0.3, -0.25) is 14.4 Å². The maximum atomic E-state index is 15.3. The van der Waals surface area contributed by atoms with Crippen LogP contribution in [0, 0.1) is 17.3 Å². The summed E-state index contributed by atoms with van der Waals surface area (Å²) in [5.74, 6) is -1.12. The minimum Gasteiger partial charge on any atom is -0.494 e. The van der Waals surface area contributed by atoms with E-state index in [1.165, 1.54) is 0 Å². The summed E-state index contributed by atoms with van der Waals surface area (Å²) in [5.41, 5.74) is 1.05. The number of rotatable bonds is 15. The van der Waals surface area contributed by atoms with E-state index in [4.69, 9.17) is 4.74 Å². The summed E-state index contributed by atoms with van der Waals surface area (Å²) in [6.07, 6.45) is 5.95. The molecule has 8 nitrogen and oxygen atoms in total. The Balaban J connectivity index is 1.60. The zero-order chi connectivity index (χ0) is 36.4. The van der Waals surface area contributed by atoms with Gasteiger partial charge in [0.2, 0.25) is 17.7 Å². The van der Waals surface area contributed by atoms with Gasteiger partial charge in [-0.1, -0.05) is 63.3 Å². The Morgan fingerprint density at radius 1 is 1.04 bits per heavy atom. The lowest BCUT2D eigenvalue weighted by atomic mass is 9.70. The van der Waals surface area contributed by atoms with E-state index in [-0.39, 0.29) is 41.5 Å². The molecule has 2 aromatic rings. The van der Waals surface area contributed by atoms with Crippen LogP contribution >= 0.6 is 11.8 Å². The summed E-state index contributed by atoms with van der Waals surface area (Å²) >= 11 is 1.65. The van der Waals surface area contributed by atoms with Gasteiger partial charge in [0.15, 0.2) is 0 Å². The zero-order valence-corrected chi connectivity index (χ0v) is 31.5. The van der Waals surface area contributed by atoms with Crippen LogP contribution in [0.1, 0.15) is 66.4 Å². The summed E-state index contributed by atoms with van der Waals surface area (Å²) in [4.78, 5) is 50.5. The van der Waals surface area contributed by atoms with Crippen LogP contribution in [0.3, 0.4) is 0 Å². The fourth-order valence-corrected chi connectivity index (χ4v) is 11.2. The zero-order valence-electron chi connectivity index (χ0n) is 30.6. The highest BCUT2D eigenvalue weighted by atomic mass is 32.2. The van der Waals surface area contributed by atoms with Gasteiger partial charge in [-0.15, -0.1) is 24.9 Å². The number of hydrogen-bond donors (Lipinski definition) is 1. The molecule has 0 radical (unpaired) electrons. The first-order valence-electron chi connectivity index (χ1n) is 17.9. The number of aliphatic hydroxyl groups is 1. The molecule has 6 atom stereocenters. The van der Waals surface area contributed by atoms with Crippen molar-refractivity contribution < 1.29 is 24.2 Å². The van der Waals surface area contributed by atoms with Gasteiger partial charge in [0, 0.05) is 29.6 Å². The van der Waals surface area contributed by atoms with Crippen molar-refractivity contribution in [3.8, 4) is 5.75 Å². The van der Waals surface area contributed by atoms with Crippen LogP contribution in [0.4, 0.5) is 5.69 Å². The molecule has 1 N–H and O–H groups in total. The smallest absolute Gasteiger partial charge is 0.247 e. The van der Waals surface area contributed by atoms with E-state index in [0.717, 1.165) is 18.4 Å². The summed E-state index contributed by atoms with van der Waals surface area (Å²) in [5, 5.41) is 10.8. The Kier molecular flexibility index (Phi) is 11.3. The number of likely N-dealkylation sites (tertiary alicyclic amines) is 1. The molecule has 2 unspecified atom stereocenters. The van der Waals surface area contributed by atoms with Crippen molar-refractivity contribution in [2.45, 2.75) is 94.8 Å². The molecule has 3 fully saturated rings. The Labute approximate surface area is 302 Å². The van der Waals surface area contributed by atoms with Crippen LogP contribution in [-0.2, 0) is 20.8 Å². The van der Waals surface area contributed by atoms with Gasteiger partial charge in [-0.2, -0.15) is 0 Å². The van der Waals surface area contributed by atoms with E-state index in [1.807, 2.05) is 66.4 Å². The largest absolute Gasteiger partial charge is 0.494 e. The van der Waals surface area contributed by atoms with Crippen molar-refractivity contribution in [3.05, 3.63) is 85.5 Å². The van der Waals surface area contributed by atoms with Crippen LogP contribution in [0.5, 0.6) is 5.75 Å². The van der Waals surface area contributed by atoms with Gasteiger partial charge in [0.1, 0.15) is 11.8 Å². The third-order valence-electron chi connectivity index (χ3n) is 10.5. The molecular weight excluding hydrogens is 647 g/mol. The maximum absolute atomic E-state index is 15.3. The topological polar surface area (TPSA) is 90.4 Å². The Morgan fingerprint density at radius 3 is 2.28 bits per heavy atom. The van der Waals surface area contributed by atoms with Crippen LogP contribution in [0.25, 0.3) is 0 Å². The average Bonchev–Trinajstić information content (AvgIpc) is 3.71. The van der Waals surface area contributed by atoms with E-state index in [1.54, 1.807) is 33.7 Å². The first-order valence-corrected chi connectivity index (χ1v) is 18.8. The van der Waals surface area contributed by atoms with Gasteiger partial charge >= 0.3 is 0 Å². The minimum atomic E-state index is -0.841. The normalized spacial score (nSPS) is 24.9. The van der Waals surface area contributed by atoms with E-state index in [9.17, 15) is 9.90 Å². The molecule has 9 heteroatoms. The van der Waals surface area contributed by atoms with Crippen LogP contribution in [0.2, 0.25) is 0 Å². The maximum Gasteiger partial charge on any atom is 0.247 e. The monoisotopic (exact) mass is 701 g/mol. The molecule has 270 valence electrons. The lowest BCUT2D eigenvalue weighted by Gasteiger charge is -2.46. The summed E-state index contributed by atoms with van der Waals surface area (Å²) in [6, 6.07) is 15.7. The third kappa shape index (κ3) is 7.13. The number of ether oxygens (including phenoxy) is 1. The lowest BCUT2D eigenvalue weighted by Crippen LogP contribution is -2.62. The van der Waals surface area contributed by atoms with E-state index >= 15 is 9.59 Å². The fourth-order valence-electron chi connectivity index (χ4n) is 9.01. The molecule has 5 rings (SSSR count). The second-order valence-corrected chi connectivity index (χ2v) is 17.4. The van der Waals surface area contributed by atoms with Crippen LogP contribution in [0.15, 0.2) is 79.9 Å². The molecule has 3 saturated heterocycles. The molecule has 3 aliphatic rings. The number of benzene rings is 2. The first-order chi connectivity index (χ1) is 23.7.